The Labute approximate surface area is 184 Å². The van der Waals surface area contributed by atoms with Gasteiger partial charge in [0.15, 0.2) is 0 Å². The molecule has 2 nitrogen and oxygen atoms in total. The molecule has 2 heterocycles. The summed E-state index contributed by atoms with van der Waals surface area (Å²) in [6, 6.07) is 9.92. The first kappa shape index (κ1) is 22.5. The number of thioether (sulfide) groups is 1. The summed E-state index contributed by atoms with van der Waals surface area (Å²) in [4.78, 5) is 3.38. The molecule has 0 aliphatic carbocycles. The van der Waals surface area contributed by atoms with Gasteiger partial charge < -0.3 is 10.2 Å². The van der Waals surface area contributed by atoms with Gasteiger partial charge in [-0.3, -0.25) is 0 Å². The number of benzene rings is 2. The summed E-state index contributed by atoms with van der Waals surface area (Å²) in [5.74, 6) is 0.642. The molecule has 0 spiro atoms. The molecule has 0 amide bonds. The smallest absolute Gasteiger partial charge is 0.146 e. The van der Waals surface area contributed by atoms with Gasteiger partial charge in [-0.1, -0.05) is 44.0 Å². The minimum atomic E-state index is -0.0952. The van der Waals surface area contributed by atoms with Gasteiger partial charge in [-0.25, -0.2) is 4.39 Å². The van der Waals surface area contributed by atoms with Gasteiger partial charge in [0.25, 0.3) is 0 Å². The fourth-order valence-electron chi connectivity index (χ4n) is 4.23. The molecular formula is C24H32ClFN2S. The first-order valence-electron chi connectivity index (χ1n) is 10.4. The van der Waals surface area contributed by atoms with E-state index in [0.717, 1.165) is 73.9 Å². The van der Waals surface area contributed by atoms with Crippen molar-refractivity contribution < 1.29 is 4.39 Å². The highest BCUT2D eigenvalue weighted by atomic mass is 35.5. The van der Waals surface area contributed by atoms with Crippen LogP contribution >= 0.6 is 23.4 Å². The lowest BCUT2D eigenvalue weighted by Crippen LogP contribution is -2.24. The number of hydrogen-bond acceptors (Lipinski definition) is 3. The number of anilines is 1. The molecule has 0 saturated carbocycles. The van der Waals surface area contributed by atoms with E-state index in [1.54, 1.807) is 17.8 Å². The quantitative estimate of drug-likeness (QED) is 0.554. The van der Waals surface area contributed by atoms with Crippen molar-refractivity contribution in [1.29, 1.82) is 0 Å². The summed E-state index contributed by atoms with van der Waals surface area (Å²) < 4.78 is 14.8. The zero-order chi connectivity index (χ0) is 19.3. The Kier molecular flexibility index (Phi) is 8.28. The van der Waals surface area contributed by atoms with E-state index in [1.165, 1.54) is 28.9 Å². The SMILES string of the molecule is C.Fc1cc(CSc2c(Cl)ccc3c2CCNCC3)ccc1N1CCCCCC1. The number of rotatable bonds is 4. The first-order valence-corrected chi connectivity index (χ1v) is 11.8. The predicted molar refractivity (Wildman–Crippen MR) is 125 cm³/mol. The maximum atomic E-state index is 14.8. The molecule has 0 unspecified atom stereocenters. The molecule has 1 saturated heterocycles. The second-order valence-electron chi connectivity index (χ2n) is 7.74. The number of nitrogens with one attached hydrogen (secondary N) is 1. The molecule has 2 aromatic carbocycles. The molecule has 2 aliphatic heterocycles. The number of hydrogen-bond donors (Lipinski definition) is 1. The van der Waals surface area contributed by atoms with Crippen LogP contribution in [0.3, 0.4) is 0 Å². The topological polar surface area (TPSA) is 15.3 Å². The largest absolute Gasteiger partial charge is 0.369 e. The van der Waals surface area contributed by atoms with Gasteiger partial charge in [0.1, 0.15) is 5.82 Å². The van der Waals surface area contributed by atoms with Gasteiger partial charge in [-0.15, -0.1) is 11.8 Å². The van der Waals surface area contributed by atoms with E-state index in [9.17, 15) is 4.39 Å². The van der Waals surface area contributed by atoms with Crippen molar-refractivity contribution in [3.05, 3.63) is 57.9 Å². The van der Waals surface area contributed by atoms with Crippen LogP contribution in [-0.2, 0) is 18.6 Å². The number of nitrogens with zero attached hydrogens (tertiary/aromatic N) is 1. The molecule has 0 radical (unpaired) electrons. The monoisotopic (exact) mass is 434 g/mol. The molecule has 0 aromatic heterocycles. The Bertz CT molecular complexity index is 819. The van der Waals surface area contributed by atoms with Crippen molar-refractivity contribution >= 4 is 29.1 Å². The van der Waals surface area contributed by atoms with Crippen molar-refractivity contribution in [3.63, 3.8) is 0 Å². The standard InChI is InChI=1S/C23H28ClFN2S.CH4/c24-20-7-6-18-9-11-26-12-10-19(18)23(20)28-16-17-5-8-22(21(25)15-17)27-13-3-1-2-4-14-27;/h5-8,15,26H,1-4,9-14,16H2;1H4. The van der Waals surface area contributed by atoms with Crippen molar-refractivity contribution in [2.75, 3.05) is 31.1 Å². The molecule has 2 aliphatic rings. The Hall–Kier alpha value is -1.23. The second kappa shape index (κ2) is 10.7. The lowest BCUT2D eigenvalue weighted by atomic mass is 10.0. The highest BCUT2D eigenvalue weighted by Crippen LogP contribution is 2.36. The molecule has 0 bridgehead atoms. The summed E-state index contributed by atoms with van der Waals surface area (Å²) in [7, 11) is 0. The maximum Gasteiger partial charge on any atom is 0.146 e. The van der Waals surface area contributed by atoms with Crippen molar-refractivity contribution in [2.45, 2.75) is 56.6 Å². The van der Waals surface area contributed by atoms with Crippen LogP contribution in [-0.4, -0.2) is 26.2 Å². The third-order valence-electron chi connectivity index (χ3n) is 5.77. The fourth-order valence-corrected chi connectivity index (χ4v) is 5.67. The Morgan fingerprint density at radius 3 is 2.52 bits per heavy atom. The molecule has 0 atom stereocenters. The third kappa shape index (κ3) is 5.48. The molecule has 158 valence electrons. The summed E-state index contributed by atoms with van der Waals surface area (Å²) in [6.07, 6.45) is 6.86. The summed E-state index contributed by atoms with van der Waals surface area (Å²) in [5.41, 5.74) is 4.53. The Morgan fingerprint density at radius 1 is 1.00 bits per heavy atom. The molecule has 1 N–H and O–H groups in total. The van der Waals surface area contributed by atoms with Crippen LogP contribution in [0.1, 0.15) is 49.8 Å². The van der Waals surface area contributed by atoms with Crippen LogP contribution in [0.4, 0.5) is 10.1 Å². The van der Waals surface area contributed by atoms with E-state index in [2.05, 4.69) is 22.3 Å². The summed E-state index contributed by atoms with van der Waals surface area (Å²) in [6.45, 7) is 3.93. The predicted octanol–water partition coefficient (Wildman–Crippen LogP) is 6.48. The molecule has 1 fully saturated rings. The minimum absolute atomic E-state index is 0. The van der Waals surface area contributed by atoms with Crippen LogP contribution in [0.25, 0.3) is 0 Å². The van der Waals surface area contributed by atoms with Crippen LogP contribution in [0.2, 0.25) is 5.02 Å². The van der Waals surface area contributed by atoms with Crippen LogP contribution < -0.4 is 10.2 Å². The Morgan fingerprint density at radius 2 is 1.76 bits per heavy atom. The van der Waals surface area contributed by atoms with Gasteiger partial charge in [0, 0.05) is 23.7 Å². The van der Waals surface area contributed by atoms with Crippen LogP contribution in [0.5, 0.6) is 0 Å². The van der Waals surface area contributed by atoms with E-state index in [0.29, 0.717) is 0 Å². The van der Waals surface area contributed by atoms with Crippen molar-refractivity contribution in [1.82, 2.24) is 5.32 Å². The minimum Gasteiger partial charge on any atom is -0.369 e. The summed E-state index contributed by atoms with van der Waals surface area (Å²) in [5, 5.41) is 4.27. The van der Waals surface area contributed by atoms with Crippen LogP contribution in [0.15, 0.2) is 35.2 Å². The molecule has 2 aromatic rings. The van der Waals surface area contributed by atoms with E-state index in [1.807, 2.05) is 12.1 Å². The highest BCUT2D eigenvalue weighted by molar-refractivity contribution is 7.98. The molecule has 5 heteroatoms. The molecule has 29 heavy (non-hydrogen) atoms. The third-order valence-corrected chi connectivity index (χ3v) is 7.43. The normalized spacial score (nSPS) is 17.1. The lowest BCUT2D eigenvalue weighted by Gasteiger charge is -2.23. The number of fused-ring (bicyclic) bond motifs is 1. The number of halogens is 2. The molecule has 4 rings (SSSR count). The average molecular weight is 435 g/mol. The summed E-state index contributed by atoms with van der Waals surface area (Å²) >= 11 is 8.27. The zero-order valence-corrected chi connectivity index (χ0v) is 17.8. The van der Waals surface area contributed by atoms with Gasteiger partial charge in [-0.2, -0.15) is 0 Å². The van der Waals surface area contributed by atoms with Gasteiger partial charge in [0.2, 0.25) is 0 Å². The van der Waals surface area contributed by atoms with Gasteiger partial charge in [-0.05, 0) is 73.7 Å². The highest BCUT2D eigenvalue weighted by Gasteiger charge is 2.17. The lowest BCUT2D eigenvalue weighted by molar-refractivity contribution is 0.615. The zero-order valence-electron chi connectivity index (χ0n) is 16.3. The van der Waals surface area contributed by atoms with E-state index in [4.69, 9.17) is 11.6 Å². The van der Waals surface area contributed by atoms with Gasteiger partial charge in [0.05, 0.1) is 10.7 Å². The van der Waals surface area contributed by atoms with Crippen LogP contribution in [0, 0.1) is 5.82 Å². The van der Waals surface area contributed by atoms with Crippen molar-refractivity contribution in [3.8, 4) is 0 Å². The van der Waals surface area contributed by atoms with Gasteiger partial charge >= 0.3 is 0 Å². The maximum absolute atomic E-state index is 14.8. The molecular weight excluding hydrogens is 403 g/mol. The fraction of sp³-hybridized carbons (Fsp3) is 0.500. The van der Waals surface area contributed by atoms with E-state index < -0.39 is 0 Å². The van der Waals surface area contributed by atoms with E-state index in [-0.39, 0.29) is 13.2 Å². The average Bonchev–Trinajstić information content (AvgIpc) is 3.10. The Balaban J connectivity index is 0.00000240. The van der Waals surface area contributed by atoms with E-state index >= 15 is 0 Å². The first-order chi connectivity index (χ1) is 13.7. The van der Waals surface area contributed by atoms with Crippen molar-refractivity contribution in [2.24, 2.45) is 0 Å². The second-order valence-corrected chi connectivity index (χ2v) is 9.13.